The van der Waals surface area contributed by atoms with Crippen LogP contribution in [0.4, 0.5) is 0 Å². The average Bonchev–Trinajstić information content (AvgIpc) is 2.87. The van der Waals surface area contributed by atoms with Crippen LogP contribution in [0.25, 0.3) is 0 Å². The zero-order valence-corrected chi connectivity index (χ0v) is 10.6. The van der Waals surface area contributed by atoms with Gasteiger partial charge in [0.2, 0.25) is 0 Å². The zero-order chi connectivity index (χ0) is 11.5. The molecule has 1 aliphatic carbocycles. The van der Waals surface area contributed by atoms with E-state index >= 15 is 0 Å². The Morgan fingerprint density at radius 2 is 2.06 bits per heavy atom. The first kappa shape index (κ1) is 11.6. The van der Waals surface area contributed by atoms with Gasteiger partial charge >= 0.3 is 0 Å². The van der Waals surface area contributed by atoms with Crippen LogP contribution in [0.15, 0.2) is 12.4 Å². The van der Waals surface area contributed by atoms with Gasteiger partial charge in [-0.3, -0.25) is 4.68 Å². The fourth-order valence-electron chi connectivity index (χ4n) is 2.75. The molecule has 0 aromatic carbocycles. The number of hydrogen-bond acceptors (Lipinski definition) is 2. The summed E-state index contributed by atoms with van der Waals surface area (Å²) in [6.45, 7) is 4.55. The van der Waals surface area contributed by atoms with Gasteiger partial charge in [0.1, 0.15) is 0 Å². The van der Waals surface area contributed by atoms with Gasteiger partial charge in [-0.25, -0.2) is 0 Å². The molecule has 2 unspecified atom stereocenters. The van der Waals surface area contributed by atoms with E-state index in [1.165, 1.54) is 31.2 Å². The van der Waals surface area contributed by atoms with Crippen molar-refractivity contribution in [2.24, 2.45) is 13.0 Å². The Balaban J connectivity index is 1.88. The summed E-state index contributed by atoms with van der Waals surface area (Å²) >= 11 is 0. The van der Waals surface area contributed by atoms with Gasteiger partial charge < -0.3 is 5.32 Å². The monoisotopic (exact) mass is 221 g/mol. The summed E-state index contributed by atoms with van der Waals surface area (Å²) in [5.74, 6) is 0.874. The van der Waals surface area contributed by atoms with Crippen LogP contribution >= 0.6 is 0 Å². The van der Waals surface area contributed by atoms with Crippen molar-refractivity contribution in [2.75, 3.05) is 0 Å². The lowest BCUT2D eigenvalue weighted by Crippen LogP contribution is -2.34. The van der Waals surface area contributed by atoms with E-state index < -0.39 is 0 Å². The van der Waals surface area contributed by atoms with Gasteiger partial charge in [-0.2, -0.15) is 5.10 Å². The SMILES string of the molecule is CC(NC(C)C1CCCC1)c1cnn(C)c1. The molecular formula is C13H23N3. The highest BCUT2D eigenvalue weighted by molar-refractivity contribution is 5.09. The molecule has 2 rings (SSSR count). The van der Waals surface area contributed by atoms with Crippen LogP contribution < -0.4 is 5.32 Å². The highest BCUT2D eigenvalue weighted by Gasteiger charge is 2.22. The Labute approximate surface area is 98.2 Å². The highest BCUT2D eigenvalue weighted by Crippen LogP contribution is 2.28. The van der Waals surface area contributed by atoms with Gasteiger partial charge in [0, 0.05) is 30.9 Å². The summed E-state index contributed by atoms with van der Waals surface area (Å²) < 4.78 is 1.87. The second-order valence-electron chi connectivity index (χ2n) is 5.17. The Hall–Kier alpha value is -0.830. The number of hydrogen-bond donors (Lipinski definition) is 1. The molecule has 0 aliphatic heterocycles. The maximum absolute atomic E-state index is 4.22. The second kappa shape index (κ2) is 5.00. The molecule has 0 saturated heterocycles. The molecule has 2 atom stereocenters. The van der Waals surface area contributed by atoms with E-state index in [0.717, 1.165) is 5.92 Å². The molecule has 0 amide bonds. The molecular weight excluding hydrogens is 198 g/mol. The van der Waals surface area contributed by atoms with Crippen molar-refractivity contribution < 1.29 is 0 Å². The van der Waals surface area contributed by atoms with E-state index in [-0.39, 0.29) is 0 Å². The van der Waals surface area contributed by atoms with Crippen molar-refractivity contribution in [3.8, 4) is 0 Å². The molecule has 90 valence electrons. The third-order valence-corrected chi connectivity index (χ3v) is 3.84. The molecule has 1 N–H and O–H groups in total. The van der Waals surface area contributed by atoms with Crippen molar-refractivity contribution in [2.45, 2.75) is 51.6 Å². The summed E-state index contributed by atoms with van der Waals surface area (Å²) in [4.78, 5) is 0. The van der Waals surface area contributed by atoms with Crippen molar-refractivity contribution in [1.82, 2.24) is 15.1 Å². The van der Waals surface area contributed by atoms with Gasteiger partial charge in [0.05, 0.1) is 6.20 Å². The molecule has 1 aromatic heterocycles. The summed E-state index contributed by atoms with van der Waals surface area (Å²) in [5.41, 5.74) is 1.28. The predicted octanol–water partition coefficient (Wildman–Crippen LogP) is 2.65. The van der Waals surface area contributed by atoms with Crippen molar-refractivity contribution in [3.63, 3.8) is 0 Å². The van der Waals surface area contributed by atoms with Crippen molar-refractivity contribution in [1.29, 1.82) is 0 Å². The normalized spacial score (nSPS) is 21.2. The van der Waals surface area contributed by atoms with Crippen molar-refractivity contribution >= 4 is 0 Å². The number of aromatic nitrogens is 2. The van der Waals surface area contributed by atoms with E-state index in [0.29, 0.717) is 12.1 Å². The third kappa shape index (κ3) is 2.64. The van der Waals surface area contributed by atoms with Crippen LogP contribution in [0.2, 0.25) is 0 Å². The number of rotatable bonds is 4. The maximum Gasteiger partial charge on any atom is 0.0537 e. The first-order chi connectivity index (χ1) is 7.66. The number of aryl methyl sites for hydroxylation is 1. The Kier molecular flexibility index (Phi) is 3.64. The van der Waals surface area contributed by atoms with E-state index in [4.69, 9.17) is 0 Å². The fraction of sp³-hybridized carbons (Fsp3) is 0.769. The van der Waals surface area contributed by atoms with Crippen molar-refractivity contribution in [3.05, 3.63) is 18.0 Å². The standard InChI is InChI=1S/C13H23N3/c1-10(12-6-4-5-7-12)15-11(2)13-8-14-16(3)9-13/h8-12,15H,4-7H2,1-3H3. The zero-order valence-electron chi connectivity index (χ0n) is 10.6. The Bertz CT molecular complexity index is 326. The first-order valence-electron chi connectivity index (χ1n) is 6.41. The van der Waals surface area contributed by atoms with Crippen LogP contribution in [0.3, 0.4) is 0 Å². The highest BCUT2D eigenvalue weighted by atomic mass is 15.2. The smallest absolute Gasteiger partial charge is 0.0537 e. The summed E-state index contributed by atoms with van der Waals surface area (Å²) in [5, 5.41) is 7.92. The molecule has 3 heteroatoms. The second-order valence-corrected chi connectivity index (χ2v) is 5.17. The Morgan fingerprint density at radius 3 is 2.62 bits per heavy atom. The van der Waals surface area contributed by atoms with Crippen LogP contribution in [0, 0.1) is 5.92 Å². The number of nitrogens with zero attached hydrogens (tertiary/aromatic N) is 2. The predicted molar refractivity (Wildman–Crippen MR) is 66.2 cm³/mol. The van der Waals surface area contributed by atoms with E-state index in [1.54, 1.807) is 0 Å². The van der Waals surface area contributed by atoms with E-state index in [9.17, 15) is 0 Å². The minimum Gasteiger partial charge on any atom is -0.307 e. The summed E-state index contributed by atoms with van der Waals surface area (Å²) in [6.07, 6.45) is 9.68. The molecule has 0 spiro atoms. The molecule has 16 heavy (non-hydrogen) atoms. The minimum absolute atomic E-state index is 0.407. The third-order valence-electron chi connectivity index (χ3n) is 3.84. The lowest BCUT2D eigenvalue weighted by Gasteiger charge is -2.24. The molecule has 0 radical (unpaired) electrons. The largest absolute Gasteiger partial charge is 0.307 e. The molecule has 1 heterocycles. The van der Waals surface area contributed by atoms with Crippen LogP contribution in [0.5, 0.6) is 0 Å². The number of nitrogens with one attached hydrogen (secondary N) is 1. The fourth-order valence-corrected chi connectivity index (χ4v) is 2.75. The van der Waals surface area contributed by atoms with Gasteiger partial charge in [0.25, 0.3) is 0 Å². The molecule has 0 bridgehead atoms. The summed E-state index contributed by atoms with van der Waals surface area (Å²) in [7, 11) is 1.97. The van der Waals surface area contributed by atoms with Crippen LogP contribution in [-0.4, -0.2) is 15.8 Å². The Morgan fingerprint density at radius 1 is 1.38 bits per heavy atom. The summed E-state index contributed by atoms with van der Waals surface area (Å²) in [6, 6.07) is 1.03. The van der Waals surface area contributed by atoms with E-state index in [2.05, 4.69) is 30.5 Å². The van der Waals surface area contributed by atoms with Gasteiger partial charge in [-0.1, -0.05) is 12.8 Å². The van der Waals surface area contributed by atoms with Gasteiger partial charge in [-0.05, 0) is 32.6 Å². The van der Waals surface area contributed by atoms with E-state index in [1.807, 2.05) is 17.9 Å². The van der Waals surface area contributed by atoms with Gasteiger partial charge in [-0.15, -0.1) is 0 Å². The maximum atomic E-state index is 4.22. The van der Waals surface area contributed by atoms with Gasteiger partial charge in [0.15, 0.2) is 0 Å². The molecule has 3 nitrogen and oxygen atoms in total. The first-order valence-corrected chi connectivity index (χ1v) is 6.41. The average molecular weight is 221 g/mol. The lowest BCUT2D eigenvalue weighted by atomic mass is 9.98. The molecule has 1 aromatic rings. The molecule has 1 saturated carbocycles. The molecule has 1 aliphatic rings. The quantitative estimate of drug-likeness (QED) is 0.847. The van der Waals surface area contributed by atoms with Crippen LogP contribution in [0.1, 0.15) is 51.1 Å². The molecule has 1 fully saturated rings. The van der Waals surface area contributed by atoms with Crippen LogP contribution in [-0.2, 0) is 7.05 Å². The topological polar surface area (TPSA) is 29.9 Å². The minimum atomic E-state index is 0.407. The lowest BCUT2D eigenvalue weighted by molar-refractivity contribution is 0.352.